The number of aromatic nitrogens is 1. The standard InChI is InChI=1S/C24H32N4O2/c29-21-6-5-14-13-28-10-8-17-16-3-1-2-4-19(16)27-23(17)20(28)11-18(14)22(21)24(30)26-15-7-9-25-12-15/h1-4,14-15,18,20-22,25,27,29H,5-13H2,(H,26,30)/t14-,15-,18-,20-,21-,22+/m0/s1. The number of H-pyrrole nitrogens is 1. The number of fused-ring (bicyclic) bond motifs is 6. The lowest BCUT2D eigenvalue weighted by Crippen LogP contribution is -2.55. The molecule has 4 aliphatic rings. The van der Waals surface area contributed by atoms with Crippen molar-refractivity contribution in [1.82, 2.24) is 20.5 Å². The van der Waals surface area contributed by atoms with Crippen LogP contribution in [-0.2, 0) is 11.2 Å². The highest BCUT2D eigenvalue weighted by atomic mass is 16.3. The highest BCUT2D eigenvalue weighted by Gasteiger charge is 2.49. The van der Waals surface area contributed by atoms with Crippen LogP contribution in [0.25, 0.3) is 10.9 Å². The number of carbonyl (C=O) groups is 1. The third-order valence-electron chi connectivity index (χ3n) is 8.26. The molecule has 4 N–H and O–H groups in total. The lowest BCUT2D eigenvalue weighted by atomic mass is 9.64. The van der Waals surface area contributed by atoms with E-state index in [2.05, 4.69) is 44.8 Å². The van der Waals surface area contributed by atoms with E-state index in [1.165, 1.54) is 22.2 Å². The Balaban J connectivity index is 1.30. The Hall–Kier alpha value is -1.89. The Labute approximate surface area is 177 Å². The van der Waals surface area contributed by atoms with Crippen LogP contribution in [-0.4, -0.2) is 59.2 Å². The third kappa shape index (κ3) is 3.00. The maximum absolute atomic E-state index is 13.2. The largest absolute Gasteiger partial charge is 0.392 e. The predicted octanol–water partition coefficient (Wildman–Crippen LogP) is 1.95. The van der Waals surface area contributed by atoms with Crippen LogP contribution in [0.5, 0.6) is 0 Å². The van der Waals surface area contributed by atoms with Crippen molar-refractivity contribution in [3.8, 4) is 0 Å². The van der Waals surface area contributed by atoms with E-state index in [1.807, 2.05) is 0 Å². The zero-order chi connectivity index (χ0) is 20.2. The molecule has 30 heavy (non-hydrogen) atoms. The van der Waals surface area contributed by atoms with Gasteiger partial charge in [0.1, 0.15) is 0 Å². The van der Waals surface area contributed by atoms with Crippen LogP contribution >= 0.6 is 0 Å². The predicted molar refractivity (Wildman–Crippen MR) is 116 cm³/mol. The van der Waals surface area contributed by atoms with E-state index in [9.17, 15) is 9.90 Å². The topological polar surface area (TPSA) is 80.4 Å². The first-order valence-electron chi connectivity index (χ1n) is 11.7. The summed E-state index contributed by atoms with van der Waals surface area (Å²) in [7, 11) is 0. The van der Waals surface area contributed by atoms with E-state index in [0.717, 1.165) is 58.3 Å². The Morgan fingerprint density at radius 2 is 2.10 bits per heavy atom. The van der Waals surface area contributed by atoms with Crippen molar-refractivity contribution < 1.29 is 9.90 Å². The molecule has 1 saturated carbocycles. The van der Waals surface area contributed by atoms with Gasteiger partial charge in [0.15, 0.2) is 0 Å². The van der Waals surface area contributed by atoms with Gasteiger partial charge in [0, 0.05) is 42.3 Å². The summed E-state index contributed by atoms with van der Waals surface area (Å²) in [5.74, 6) is 0.558. The fourth-order valence-corrected chi connectivity index (χ4v) is 6.78. The average molecular weight is 409 g/mol. The van der Waals surface area contributed by atoms with Gasteiger partial charge < -0.3 is 20.7 Å². The maximum Gasteiger partial charge on any atom is 0.226 e. The summed E-state index contributed by atoms with van der Waals surface area (Å²) < 4.78 is 0. The summed E-state index contributed by atoms with van der Waals surface area (Å²) in [5.41, 5.74) is 4.03. The second-order valence-corrected chi connectivity index (χ2v) is 9.85. The molecule has 3 fully saturated rings. The number of nitrogens with one attached hydrogen (secondary N) is 3. The molecule has 6 rings (SSSR count). The fraction of sp³-hybridized carbons (Fsp3) is 0.625. The van der Waals surface area contributed by atoms with Crippen LogP contribution in [0.3, 0.4) is 0 Å². The van der Waals surface area contributed by atoms with Crippen LogP contribution in [0.1, 0.15) is 43.0 Å². The number of aromatic amines is 1. The molecule has 1 aliphatic carbocycles. The Bertz CT molecular complexity index is 950. The molecule has 1 amide bonds. The molecule has 3 aliphatic heterocycles. The fourth-order valence-electron chi connectivity index (χ4n) is 6.78. The number of rotatable bonds is 2. The lowest BCUT2D eigenvalue weighted by molar-refractivity contribution is -0.139. The summed E-state index contributed by atoms with van der Waals surface area (Å²) in [5, 5.41) is 18.8. The van der Waals surface area contributed by atoms with Gasteiger partial charge in [-0.25, -0.2) is 0 Å². The second kappa shape index (κ2) is 7.36. The number of aliphatic hydroxyl groups is 1. The summed E-state index contributed by atoms with van der Waals surface area (Å²) in [6.07, 6.45) is 4.30. The van der Waals surface area contributed by atoms with Crippen LogP contribution in [0, 0.1) is 17.8 Å². The molecular weight excluding hydrogens is 376 g/mol. The molecule has 2 aromatic rings. The van der Waals surface area contributed by atoms with E-state index < -0.39 is 6.10 Å². The van der Waals surface area contributed by atoms with Gasteiger partial charge in [-0.2, -0.15) is 0 Å². The average Bonchev–Trinajstić information content (AvgIpc) is 3.39. The van der Waals surface area contributed by atoms with Gasteiger partial charge in [0.05, 0.1) is 18.1 Å². The molecule has 6 nitrogen and oxygen atoms in total. The van der Waals surface area contributed by atoms with Crippen molar-refractivity contribution in [2.75, 3.05) is 26.2 Å². The molecule has 1 aromatic heterocycles. The number of benzene rings is 1. The molecule has 1 aromatic carbocycles. The first-order valence-corrected chi connectivity index (χ1v) is 11.7. The molecule has 0 radical (unpaired) electrons. The quantitative estimate of drug-likeness (QED) is 0.612. The zero-order valence-electron chi connectivity index (χ0n) is 17.4. The van der Waals surface area contributed by atoms with Crippen molar-refractivity contribution in [1.29, 1.82) is 0 Å². The number of para-hydroxylation sites is 1. The van der Waals surface area contributed by atoms with Crippen molar-refractivity contribution in [2.24, 2.45) is 17.8 Å². The highest BCUT2D eigenvalue weighted by Crippen LogP contribution is 2.49. The summed E-state index contributed by atoms with van der Waals surface area (Å²) in [4.78, 5) is 19.6. The molecule has 4 heterocycles. The molecule has 6 atom stereocenters. The van der Waals surface area contributed by atoms with Crippen molar-refractivity contribution in [3.63, 3.8) is 0 Å². The first-order chi connectivity index (χ1) is 14.7. The number of hydrogen-bond acceptors (Lipinski definition) is 4. The van der Waals surface area contributed by atoms with Crippen LogP contribution in [0.4, 0.5) is 0 Å². The van der Waals surface area contributed by atoms with E-state index in [0.29, 0.717) is 12.0 Å². The van der Waals surface area contributed by atoms with Gasteiger partial charge in [-0.3, -0.25) is 9.69 Å². The number of hydrogen-bond donors (Lipinski definition) is 4. The summed E-state index contributed by atoms with van der Waals surface area (Å²) in [6, 6.07) is 9.14. The SMILES string of the molecule is O=C(N[C@H]1CCNC1)[C@@H]1[C@H]2C[C@H]3c4[nH]c5ccccc5c4CCN3C[C@@H]2CC[C@@H]1O. The molecule has 0 spiro atoms. The molecule has 0 bridgehead atoms. The van der Waals surface area contributed by atoms with Gasteiger partial charge in [0.2, 0.25) is 5.91 Å². The van der Waals surface area contributed by atoms with Gasteiger partial charge >= 0.3 is 0 Å². The van der Waals surface area contributed by atoms with E-state index in [1.54, 1.807) is 0 Å². The minimum Gasteiger partial charge on any atom is -0.392 e. The Kier molecular flexibility index (Phi) is 4.62. The molecule has 2 saturated heterocycles. The number of piperidine rings is 1. The van der Waals surface area contributed by atoms with Gasteiger partial charge in [-0.1, -0.05) is 18.2 Å². The van der Waals surface area contributed by atoms with Crippen LogP contribution in [0.15, 0.2) is 24.3 Å². The number of nitrogens with zero attached hydrogens (tertiary/aromatic N) is 1. The third-order valence-corrected chi connectivity index (χ3v) is 8.26. The lowest BCUT2D eigenvalue weighted by Gasteiger charge is -2.51. The van der Waals surface area contributed by atoms with Gasteiger partial charge in [-0.15, -0.1) is 0 Å². The van der Waals surface area contributed by atoms with Crippen molar-refractivity contribution >= 4 is 16.8 Å². The summed E-state index contributed by atoms with van der Waals surface area (Å²) >= 11 is 0. The maximum atomic E-state index is 13.2. The number of carbonyl (C=O) groups excluding carboxylic acids is 1. The van der Waals surface area contributed by atoms with Crippen molar-refractivity contribution in [3.05, 3.63) is 35.5 Å². The second-order valence-electron chi connectivity index (χ2n) is 9.85. The van der Waals surface area contributed by atoms with Gasteiger partial charge in [-0.05, 0) is 62.1 Å². The zero-order valence-corrected chi connectivity index (χ0v) is 17.4. The minimum atomic E-state index is -0.516. The van der Waals surface area contributed by atoms with Crippen LogP contribution < -0.4 is 10.6 Å². The number of amides is 1. The smallest absolute Gasteiger partial charge is 0.226 e. The number of aliphatic hydroxyl groups excluding tert-OH is 1. The van der Waals surface area contributed by atoms with E-state index in [4.69, 9.17) is 0 Å². The van der Waals surface area contributed by atoms with Crippen molar-refractivity contribution in [2.45, 2.75) is 50.3 Å². The minimum absolute atomic E-state index is 0.0760. The monoisotopic (exact) mass is 408 g/mol. The first kappa shape index (κ1) is 18.8. The Morgan fingerprint density at radius 1 is 1.20 bits per heavy atom. The Morgan fingerprint density at radius 3 is 2.97 bits per heavy atom. The van der Waals surface area contributed by atoms with Crippen LogP contribution in [0.2, 0.25) is 0 Å². The molecule has 160 valence electrons. The molecular formula is C24H32N4O2. The van der Waals surface area contributed by atoms with E-state index >= 15 is 0 Å². The molecule has 6 heteroatoms. The van der Waals surface area contributed by atoms with Gasteiger partial charge in [0.25, 0.3) is 0 Å². The molecule has 0 unspecified atom stereocenters. The normalized spacial score (nSPS) is 36.2. The highest BCUT2D eigenvalue weighted by molar-refractivity contribution is 5.85. The van der Waals surface area contributed by atoms with E-state index in [-0.39, 0.29) is 23.8 Å². The summed E-state index contributed by atoms with van der Waals surface area (Å²) in [6.45, 7) is 3.95.